The molecule has 0 aromatic heterocycles. The molecule has 2 unspecified atom stereocenters. The number of piperidine rings is 1. The lowest BCUT2D eigenvalue weighted by atomic mass is 9.80. The first kappa shape index (κ1) is 13.2. The lowest BCUT2D eigenvalue weighted by Crippen LogP contribution is -2.51. The second-order valence-corrected chi connectivity index (χ2v) is 6.77. The van der Waals surface area contributed by atoms with Gasteiger partial charge in [-0.05, 0) is 49.7 Å². The van der Waals surface area contributed by atoms with Crippen LogP contribution in [-0.2, 0) is 4.74 Å². The first-order valence-electron chi connectivity index (χ1n) is 7.35. The van der Waals surface area contributed by atoms with E-state index in [4.69, 9.17) is 4.74 Å². The van der Waals surface area contributed by atoms with E-state index in [9.17, 15) is 5.11 Å². The van der Waals surface area contributed by atoms with Crippen molar-refractivity contribution in [2.75, 3.05) is 25.5 Å². The highest BCUT2D eigenvalue weighted by Crippen LogP contribution is 2.41. The molecule has 0 saturated carbocycles. The molecule has 3 saturated heterocycles. The van der Waals surface area contributed by atoms with Crippen LogP contribution in [0.3, 0.4) is 0 Å². The average Bonchev–Trinajstić information content (AvgIpc) is 2.62. The fourth-order valence-electron chi connectivity index (χ4n) is 4.06. The molecular weight excluding hydrogens is 246 g/mol. The molecule has 0 radical (unpaired) electrons. The highest BCUT2D eigenvalue weighted by Gasteiger charge is 2.44. The minimum Gasteiger partial charge on any atom is -0.393 e. The maximum Gasteiger partial charge on any atom is 0.0570 e. The zero-order chi connectivity index (χ0) is 12.6. The number of rotatable bonds is 3. The maximum atomic E-state index is 9.87. The number of thiol groups is 1. The summed E-state index contributed by atoms with van der Waals surface area (Å²) in [4.78, 5) is 2.69. The van der Waals surface area contributed by atoms with Crippen LogP contribution in [0.4, 0.5) is 0 Å². The van der Waals surface area contributed by atoms with Crippen LogP contribution in [0.25, 0.3) is 0 Å². The molecule has 18 heavy (non-hydrogen) atoms. The fraction of sp³-hybridized carbons (Fsp3) is 1.00. The molecule has 0 amide bonds. The van der Waals surface area contributed by atoms with Crippen molar-refractivity contribution in [3.8, 4) is 0 Å². The Morgan fingerprint density at radius 3 is 2.33 bits per heavy atom. The summed E-state index contributed by atoms with van der Waals surface area (Å²) >= 11 is 4.61. The van der Waals surface area contributed by atoms with Crippen LogP contribution in [0.5, 0.6) is 0 Å². The molecule has 0 aliphatic carbocycles. The molecule has 3 fully saturated rings. The number of nitrogens with zero attached hydrogens (tertiary/aromatic N) is 1. The van der Waals surface area contributed by atoms with Gasteiger partial charge in [-0.25, -0.2) is 0 Å². The molecular formula is C14H25NO2S. The summed E-state index contributed by atoms with van der Waals surface area (Å²) < 4.78 is 5.51. The number of aliphatic hydroxyl groups excluding tert-OH is 1. The van der Waals surface area contributed by atoms with Crippen LogP contribution in [0.1, 0.15) is 38.5 Å². The quantitative estimate of drug-likeness (QED) is 0.767. The van der Waals surface area contributed by atoms with E-state index in [1.54, 1.807) is 0 Å². The van der Waals surface area contributed by atoms with Gasteiger partial charge in [-0.3, -0.25) is 4.90 Å². The summed E-state index contributed by atoms with van der Waals surface area (Å²) in [5.74, 6) is 0.967. The van der Waals surface area contributed by atoms with Gasteiger partial charge >= 0.3 is 0 Å². The summed E-state index contributed by atoms with van der Waals surface area (Å²) in [6.07, 6.45) is 6.76. The van der Waals surface area contributed by atoms with Gasteiger partial charge in [0.15, 0.2) is 0 Å². The molecule has 2 bridgehead atoms. The molecule has 0 aromatic rings. The SMILES string of the molecule is OC1CC2CCC(C1)N2CC1(CS)CCOCC1. The molecule has 3 nitrogen and oxygen atoms in total. The van der Waals surface area contributed by atoms with Crippen LogP contribution >= 0.6 is 12.6 Å². The lowest BCUT2D eigenvalue weighted by molar-refractivity contribution is -0.0265. The highest BCUT2D eigenvalue weighted by atomic mass is 32.1. The average molecular weight is 271 g/mol. The first-order valence-corrected chi connectivity index (χ1v) is 7.98. The Hall–Kier alpha value is 0.230. The van der Waals surface area contributed by atoms with Crippen LogP contribution < -0.4 is 0 Å². The predicted molar refractivity (Wildman–Crippen MR) is 75.1 cm³/mol. The van der Waals surface area contributed by atoms with Gasteiger partial charge in [0.2, 0.25) is 0 Å². The normalized spacial score (nSPS) is 40.0. The molecule has 4 heteroatoms. The molecule has 3 heterocycles. The molecule has 104 valence electrons. The van der Waals surface area contributed by atoms with Crippen molar-refractivity contribution in [3.63, 3.8) is 0 Å². The van der Waals surface area contributed by atoms with Gasteiger partial charge in [0.25, 0.3) is 0 Å². The van der Waals surface area contributed by atoms with E-state index in [0.717, 1.165) is 44.6 Å². The van der Waals surface area contributed by atoms with Crippen LogP contribution in [0.15, 0.2) is 0 Å². The summed E-state index contributed by atoms with van der Waals surface area (Å²) in [7, 11) is 0. The second-order valence-electron chi connectivity index (χ2n) is 6.45. The van der Waals surface area contributed by atoms with Crippen LogP contribution in [0, 0.1) is 5.41 Å². The van der Waals surface area contributed by atoms with Crippen molar-refractivity contribution in [1.29, 1.82) is 0 Å². The Morgan fingerprint density at radius 1 is 1.17 bits per heavy atom. The summed E-state index contributed by atoms with van der Waals surface area (Å²) in [6.45, 7) is 2.96. The zero-order valence-electron chi connectivity index (χ0n) is 11.1. The van der Waals surface area contributed by atoms with Crippen molar-refractivity contribution in [3.05, 3.63) is 0 Å². The Bertz CT molecular complexity index is 280. The second kappa shape index (κ2) is 5.31. The number of ether oxygens (including phenoxy) is 1. The maximum absolute atomic E-state index is 9.87. The third-order valence-electron chi connectivity index (χ3n) is 5.27. The number of fused-ring (bicyclic) bond motifs is 2. The summed E-state index contributed by atoms with van der Waals surface area (Å²) in [6, 6.07) is 1.25. The topological polar surface area (TPSA) is 32.7 Å². The largest absolute Gasteiger partial charge is 0.393 e. The minimum atomic E-state index is -0.0552. The van der Waals surface area contributed by atoms with Crippen molar-refractivity contribution >= 4 is 12.6 Å². The molecule has 1 N–H and O–H groups in total. The van der Waals surface area contributed by atoms with Gasteiger partial charge in [0.1, 0.15) is 0 Å². The van der Waals surface area contributed by atoms with Crippen molar-refractivity contribution in [2.45, 2.75) is 56.7 Å². The molecule has 2 atom stereocenters. The highest BCUT2D eigenvalue weighted by molar-refractivity contribution is 7.80. The monoisotopic (exact) mass is 271 g/mol. The van der Waals surface area contributed by atoms with Gasteiger partial charge in [-0.1, -0.05) is 0 Å². The lowest BCUT2D eigenvalue weighted by Gasteiger charge is -2.45. The van der Waals surface area contributed by atoms with E-state index in [2.05, 4.69) is 17.5 Å². The van der Waals surface area contributed by atoms with E-state index >= 15 is 0 Å². The standard InChI is InChI=1S/C14H25NO2S/c16-13-7-11-1-2-12(8-13)15(11)9-14(10-18)3-5-17-6-4-14/h11-13,16,18H,1-10H2. The summed E-state index contributed by atoms with van der Waals surface area (Å²) in [5.41, 5.74) is 0.352. The molecule has 3 aliphatic heterocycles. The van der Waals surface area contributed by atoms with E-state index in [1.807, 2.05) is 0 Å². The van der Waals surface area contributed by atoms with Gasteiger partial charge in [0, 0.05) is 31.8 Å². The van der Waals surface area contributed by atoms with Crippen molar-refractivity contribution in [2.24, 2.45) is 5.41 Å². The Balaban J connectivity index is 1.68. The number of aliphatic hydroxyl groups is 1. The van der Waals surface area contributed by atoms with E-state index in [1.165, 1.54) is 19.4 Å². The molecule has 0 aromatic carbocycles. The predicted octanol–water partition coefficient (Wildman–Crippen LogP) is 1.70. The third kappa shape index (κ3) is 2.45. The molecule has 0 spiro atoms. The van der Waals surface area contributed by atoms with Crippen LogP contribution in [-0.4, -0.2) is 53.7 Å². The van der Waals surface area contributed by atoms with Gasteiger partial charge in [-0.2, -0.15) is 12.6 Å². The van der Waals surface area contributed by atoms with Gasteiger partial charge in [0.05, 0.1) is 6.10 Å². The minimum absolute atomic E-state index is 0.0552. The number of hydrogen-bond acceptors (Lipinski definition) is 4. The van der Waals surface area contributed by atoms with Crippen molar-refractivity contribution < 1.29 is 9.84 Å². The van der Waals surface area contributed by atoms with Gasteiger partial charge < -0.3 is 9.84 Å². The number of hydrogen-bond donors (Lipinski definition) is 2. The Kier molecular flexibility index (Phi) is 3.90. The zero-order valence-corrected chi connectivity index (χ0v) is 11.9. The van der Waals surface area contributed by atoms with Crippen LogP contribution in [0.2, 0.25) is 0 Å². The van der Waals surface area contributed by atoms with Crippen molar-refractivity contribution in [1.82, 2.24) is 4.90 Å². The fourth-order valence-corrected chi connectivity index (χ4v) is 4.48. The molecule has 3 rings (SSSR count). The van der Waals surface area contributed by atoms with E-state index < -0.39 is 0 Å². The third-order valence-corrected chi connectivity index (χ3v) is 5.94. The van der Waals surface area contributed by atoms with E-state index in [0.29, 0.717) is 17.5 Å². The summed E-state index contributed by atoms with van der Waals surface area (Å²) in [5, 5.41) is 9.87. The molecule has 3 aliphatic rings. The first-order chi connectivity index (χ1) is 8.72. The smallest absolute Gasteiger partial charge is 0.0570 e. The Morgan fingerprint density at radius 2 is 1.78 bits per heavy atom. The van der Waals surface area contributed by atoms with E-state index in [-0.39, 0.29) is 6.10 Å². The van der Waals surface area contributed by atoms with Gasteiger partial charge in [-0.15, -0.1) is 0 Å². The Labute approximate surface area is 115 Å².